The van der Waals surface area contributed by atoms with Gasteiger partial charge in [0.15, 0.2) is 6.61 Å². The van der Waals surface area contributed by atoms with E-state index in [0.29, 0.717) is 11.4 Å². The molecule has 1 heterocycles. The number of aromatic nitrogens is 1. The molecule has 0 aliphatic carbocycles. The molecule has 0 aliphatic heterocycles. The summed E-state index contributed by atoms with van der Waals surface area (Å²) in [6.45, 7) is -0.131. The van der Waals surface area contributed by atoms with Gasteiger partial charge in [0, 0.05) is 33.7 Å². The van der Waals surface area contributed by atoms with Crippen LogP contribution in [0.5, 0.6) is 5.75 Å². The molecule has 8 heteroatoms. The summed E-state index contributed by atoms with van der Waals surface area (Å²) in [5.74, 6) is -0.397. The van der Waals surface area contributed by atoms with Gasteiger partial charge >= 0.3 is 0 Å². The van der Waals surface area contributed by atoms with Gasteiger partial charge in [-0.1, -0.05) is 54.6 Å². The monoisotopic (exact) mass is 494 g/mol. The summed E-state index contributed by atoms with van der Waals surface area (Å²) in [4.78, 5) is 24.9. The van der Waals surface area contributed by atoms with Crippen molar-refractivity contribution in [2.24, 2.45) is 5.10 Å². The number of nitrogens with one attached hydrogen (secondary N) is 2. The maximum Gasteiger partial charge on any atom is 0.277 e. The Kier molecular flexibility index (Phi) is 6.89. The zero-order chi connectivity index (χ0) is 25.6. The molecule has 0 unspecified atom stereocenters. The number of amides is 2. The van der Waals surface area contributed by atoms with Crippen LogP contribution in [0.1, 0.15) is 5.56 Å². The molecule has 0 radical (unpaired) electrons. The number of benzene rings is 4. The molecule has 4 aromatic carbocycles. The van der Waals surface area contributed by atoms with E-state index in [1.807, 2.05) is 66.7 Å². The van der Waals surface area contributed by atoms with Crippen molar-refractivity contribution in [3.05, 3.63) is 109 Å². The van der Waals surface area contributed by atoms with Gasteiger partial charge in [-0.15, -0.1) is 0 Å². The van der Waals surface area contributed by atoms with Crippen LogP contribution >= 0.6 is 0 Å². The summed E-state index contributed by atoms with van der Waals surface area (Å²) in [7, 11) is 0. The van der Waals surface area contributed by atoms with Gasteiger partial charge < -0.3 is 14.6 Å². The van der Waals surface area contributed by atoms with Crippen LogP contribution in [0.2, 0.25) is 0 Å². The minimum atomic E-state index is -0.397. The van der Waals surface area contributed by atoms with Gasteiger partial charge in [0.05, 0.1) is 6.21 Å². The third kappa shape index (κ3) is 5.65. The normalized spacial score (nSPS) is 11.2. The molecule has 0 saturated carbocycles. The third-order valence-electron chi connectivity index (χ3n) is 5.76. The van der Waals surface area contributed by atoms with Crippen LogP contribution in [0.15, 0.2) is 102 Å². The first-order valence-electron chi connectivity index (χ1n) is 11.6. The number of carbonyl (C=O) groups is 2. The summed E-state index contributed by atoms with van der Waals surface area (Å²) >= 11 is 0. The van der Waals surface area contributed by atoms with Gasteiger partial charge in [0.2, 0.25) is 5.91 Å². The highest BCUT2D eigenvalue weighted by atomic mass is 19.1. The quantitative estimate of drug-likeness (QED) is 0.233. The minimum absolute atomic E-state index is 0.0525. The number of fused-ring (bicyclic) bond motifs is 2. The highest BCUT2D eigenvalue weighted by molar-refractivity contribution is 6.01. The highest BCUT2D eigenvalue weighted by Crippen LogP contribution is 2.25. The van der Waals surface area contributed by atoms with Crippen LogP contribution in [0.3, 0.4) is 0 Å². The summed E-state index contributed by atoms with van der Waals surface area (Å²) in [6.07, 6.45) is 3.32. The number of halogens is 1. The Bertz CT molecular complexity index is 1600. The molecule has 0 spiro atoms. The van der Waals surface area contributed by atoms with Crippen molar-refractivity contribution < 1.29 is 18.7 Å². The molecule has 0 fully saturated rings. The standard InChI is InChI=1S/C29H23FN4O3/c30-22-12-14-23(15-13-22)32-28(35)18-34-17-21(24-8-3-4-10-26(24)34)16-31-33-29(36)19-37-27-11-5-7-20-6-1-2-9-25(20)27/h1-17H,18-19H2,(H,32,35)(H,33,36)/b31-16-. The van der Waals surface area contributed by atoms with Crippen molar-refractivity contribution in [2.75, 3.05) is 11.9 Å². The van der Waals surface area contributed by atoms with E-state index >= 15 is 0 Å². The van der Waals surface area contributed by atoms with Crippen molar-refractivity contribution in [1.29, 1.82) is 0 Å². The molecule has 2 amide bonds. The van der Waals surface area contributed by atoms with E-state index in [1.165, 1.54) is 30.5 Å². The number of hydrogen-bond donors (Lipinski definition) is 2. The van der Waals surface area contributed by atoms with E-state index in [4.69, 9.17) is 4.74 Å². The van der Waals surface area contributed by atoms with E-state index in [2.05, 4.69) is 15.8 Å². The number of ether oxygens (including phenoxy) is 1. The van der Waals surface area contributed by atoms with Crippen LogP contribution in [0.25, 0.3) is 21.7 Å². The smallest absolute Gasteiger partial charge is 0.277 e. The number of hydrazone groups is 1. The van der Waals surface area contributed by atoms with E-state index in [0.717, 1.165) is 27.2 Å². The fourth-order valence-electron chi connectivity index (χ4n) is 4.07. The van der Waals surface area contributed by atoms with Gasteiger partial charge in [-0.3, -0.25) is 9.59 Å². The molecule has 37 heavy (non-hydrogen) atoms. The van der Waals surface area contributed by atoms with E-state index in [-0.39, 0.29) is 24.9 Å². The summed E-state index contributed by atoms with van der Waals surface area (Å²) in [5.41, 5.74) is 4.57. The number of anilines is 1. The molecular formula is C29H23FN4O3. The van der Waals surface area contributed by atoms with Crippen LogP contribution in [-0.2, 0) is 16.1 Å². The molecule has 184 valence electrons. The second kappa shape index (κ2) is 10.7. The second-order valence-corrected chi connectivity index (χ2v) is 8.34. The first-order valence-corrected chi connectivity index (χ1v) is 11.6. The van der Waals surface area contributed by atoms with Gasteiger partial charge in [-0.05, 0) is 41.8 Å². The zero-order valence-corrected chi connectivity index (χ0v) is 19.7. The van der Waals surface area contributed by atoms with Crippen LogP contribution in [0.4, 0.5) is 10.1 Å². The Labute approximate surface area is 212 Å². The summed E-state index contributed by atoms with van der Waals surface area (Å²) in [5, 5.41) is 9.67. The van der Waals surface area contributed by atoms with Crippen LogP contribution < -0.4 is 15.5 Å². The predicted octanol–water partition coefficient (Wildman–Crippen LogP) is 5.10. The molecular weight excluding hydrogens is 471 g/mol. The van der Waals surface area contributed by atoms with Crippen molar-refractivity contribution in [2.45, 2.75) is 6.54 Å². The zero-order valence-electron chi connectivity index (χ0n) is 19.7. The van der Waals surface area contributed by atoms with Crippen molar-refractivity contribution in [3.63, 3.8) is 0 Å². The molecule has 0 atom stereocenters. The molecule has 0 saturated heterocycles. The van der Waals surface area contributed by atoms with Crippen LogP contribution in [0, 0.1) is 5.82 Å². The number of para-hydroxylation sites is 1. The minimum Gasteiger partial charge on any atom is -0.483 e. The predicted molar refractivity (Wildman–Crippen MR) is 142 cm³/mol. The van der Waals surface area contributed by atoms with E-state index in [9.17, 15) is 14.0 Å². The van der Waals surface area contributed by atoms with Gasteiger partial charge in [0.1, 0.15) is 18.1 Å². The number of hydrogen-bond acceptors (Lipinski definition) is 4. The maximum atomic E-state index is 13.1. The van der Waals surface area contributed by atoms with Crippen LogP contribution in [-0.4, -0.2) is 29.2 Å². The lowest BCUT2D eigenvalue weighted by Crippen LogP contribution is -2.24. The van der Waals surface area contributed by atoms with E-state index in [1.54, 1.807) is 10.8 Å². The summed E-state index contributed by atoms with van der Waals surface area (Å²) in [6, 6.07) is 26.6. The second-order valence-electron chi connectivity index (χ2n) is 8.34. The molecule has 0 aliphatic rings. The average Bonchev–Trinajstić information content (AvgIpc) is 3.26. The Morgan fingerprint density at radius 3 is 2.43 bits per heavy atom. The first-order chi connectivity index (χ1) is 18.1. The number of carbonyl (C=O) groups excluding carboxylic acids is 2. The maximum absolute atomic E-state index is 13.1. The fourth-order valence-corrected chi connectivity index (χ4v) is 4.07. The lowest BCUT2D eigenvalue weighted by molar-refractivity contribution is -0.123. The lowest BCUT2D eigenvalue weighted by Gasteiger charge is -2.08. The molecule has 0 bridgehead atoms. The van der Waals surface area contributed by atoms with E-state index < -0.39 is 5.91 Å². The van der Waals surface area contributed by atoms with Gasteiger partial charge in [-0.25, -0.2) is 9.82 Å². The topological polar surface area (TPSA) is 84.7 Å². The highest BCUT2D eigenvalue weighted by Gasteiger charge is 2.11. The largest absolute Gasteiger partial charge is 0.483 e. The van der Waals surface area contributed by atoms with Crippen molar-refractivity contribution in [3.8, 4) is 5.75 Å². The van der Waals surface area contributed by atoms with Gasteiger partial charge in [0.25, 0.3) is 5.91 Å². The molecule has 5 rings (SSSR count). The Balaban J connectivity index is 1.23. The Hall–Kier alpha value is -4.98. The molecule has 7 nitrogen and oxygen atoms in total. The first kappa shape index (κ1) is 23.7. The fraction of sp³-hybridized carbons (Fsp3) is 0.0690. The third-order valence-corrected chi connectivity index (χ3v) is 5.76. The Morgan fingerprint density at radius 1 is 0.865 bits per heavy atom. The SMILES string of the molecule is O=C(COc1cccc2ccccc12)N/N=C\c1cn(CC(=O)Nc2ccc(F)cc2)c2ccccc12. The van der Waals surface area contributed by atoms with Gasteiger partial charge in [-0.2, -0.15) is 5.10 Å². The van der Waals surface area contributed by atoms with Crippen molar-refractivity contribution >= 4 is 45.4 Å². The molecule has 5 aromatic rings. The average molecular weight is 495 g/mol. The summed E-state index contributed by atoms with van der Waals surface area (Å²) < 4.78 is 20.6. The number of rotatable bonds is 8. The Morgan fingerprint density at radius 2 is 1.59 bits per heavy atom. The van der Waals surface area contributed by atoms with Crippen molar-refractivity contribution in [1.82, 2.24) is 9.99 Å². The lowest BCUT2D eigenvalue weighted by atomic mass is 10.1. The molecule has 1 aromatic heterocycles. The number of nitrogens with zero attached hydrogens (tertiary/aromatic N) is 2. The molecule has 2 N–H and O–H groups in total.